The number of nitrogens with zero attached hydrogens (tertiary/aromatic N) is 2. The number of carbonyl (C=O) groups is 1. The van der Waals surface area contributed by atoms with Crippen molar-refractivity contribution in [3.63, 3.8) is 0 Å². The SMILES string of the molecule is O=C1CCCN1CCCN1CCC(I)CC1. The summed E-state index contributed by atoms with van der Waals surface area (Å²) in [5.41, 5.74) is 0. The van der Waals surface area contributed by atoms with Crippen LogP contribution in [-0.2, 0) is 4.79 Å². The number of hydrogen-bond donors (Lipinski definition) is 0. The van der Waals surface area contributed by atoms with Gasteiger partial charge in [0, 0.05) is 23.4 Å². The highest BCUT2D eigenvalue weighted by Crippen LogP contribution is 2.18. The van der Waals surface area contributed by atoms with E-state index in [9.17, 15) is 4.79 Å². The van der Waals surface area contributed by atoms with E-state index in [0.717, 1.165) is 36.3 Å². The van der Waals surface area contributed by atoms with Crippen molar-refractivity contribution in [2.75, 3.05) is 32.7 Å². The third-order valence-corrected chi connectivity index (χ3v) is 4.84. The van der Waals surface area contributed by atoms with Gasteiger partial charge in [0.2, 0.25) is 5.91 Å². The van der Waals surface area contributed by atoms with Gasteiger partial charge in [0.05, 0.1) is 0 Å². The molecule has 16 heavy (non-hydrogen) atoms. The molecule has 0 aliphatic carbocycles. The van der Waals surface area contributed by atoms with Crippen molar-refractivity contribution in [2.45, 2.75) is 36.0 Å². The number of rotatable bonds is 4. The standard InChI is InChI=1S/C12H21IN2O/c13-11-4-9-14(10-5-11)6-2-8-15-7-1-3-12(15)16/h11H,1-10H2. The average molecular weight is 336 g/mol. The van der Waals surface area contributed by atoms with E-state index >= 15 is 0 Å². The summed E-state index contributed by atoms with van der Waals surface area (Å²) in [6, 6.07) is 0. The highest BCUT2D eigenvalue weighted by atomic mass is 127. The Labute approximate surface area is 112 Å². The van der Waals surface area contributed by atoms with E-state index in [0.29, 0.717) is 5.91 Å². The van der Waals surface area contributed by atoms with Crippen molar-refractivity contribution in [2.24, 2.45) is 0 Å². The van der Waals surface area contributed by atoms with Crippen LogP contribution in [-0.4, -0.2) is 52.4 Å². The van der Waals surface area contributed by atoms with E-state index in [2.05, 4.69) is 27.5 Å². The molecule has 0 radical (unpaired) electrons. The molecule has 2 rings (SSSR count). The van der Waals surface area contributed by atoms with Crippen LogP contribution in [0.4, 0.5) is 0 Å². The van der Waals surface area contributed by atoms with Crippen LogP contribution in [0.2, 0.25) is 0 Å². The first kappa shape index (κ1) is 12.6. The molecule has 2 heterocycles. The zero-order chi connectivity index (χ0) is 11.4. The molecule has 4 heteroatoms. The molecule has 2 aliphatic heterocycles. The Hall–Kier alpha value is 0.160. The fourth-order valence-electron chi connectivity index (χ4n) is 2.55. The second-order valence-corrected chi connectivity index (χ2v) is 6.62. The molecule has 0 N–H and O–H groups in total. The van der Waals surface area contributed by atoms with Crippen LogP contribution in [0, 0.1) is 0 Å². The summed E-state index contributed by atoms with van der Waals surface area (Å²) in [6.45, 7) is 5.65. The van der Waals surface area contributed by atoms with Gasteiger partial charge in [-0.15, -0.1) is 0 Å². The third-order valence-electron chi connectivity index (χ3n) is 3.59. The molecule has 2 aliphatic rings. The van der Waals surface area contributed by atoms with Gasteiger partial charge < -0.3 is 9.80 Å². The fraction of sp³-hybridized carbons (Fsp3) is 0.917. The van der Waals surface area contributed by atoms with E-state index in [4.69, 9.17) is 0 Å². The minimum atomic E-state index is 0.367. The number of amides is 1. The topological polar surface area (TPSA) is 23.6 Å². The number of likely N-dealkylation sites (tertiary alicyclic amines) is 2. The van der Waals surface area contributed by atoms with Crippen LogP contribution >= 0.6 is 22.6 Å². The molecule has 92 valence electrons. The lowest BCUT2D eigenvalue weighted by atomic mass is 10.1. The molecule has 2 fully saturated rings. The first-order chi connectivity index (χ1) is 7.75. The Morgan fingerprint density at radius 2 is 1.94 bits per heavy atom. The van der Waals surface area contributed by atoms with Gasteiger partial charge in [-0.2, -0.15) is 0 Å². The maximum absolute atomic E-state index is 11.4. The van der Waals surface area contributed by atoms with Gasteiger partial charge >= 0.3 is 0 Å². The van der Waals surface area contributed by atoms with Gasteiger partial charge in [-0.05, 0) is 45.3 Å². The lowest BCUT2D eigenvalue weighted by molar-refractivity contribution is -0.127. The Balaban J connectivity index is 1.59. The van der Waals surface area contributed by atoms with Crippen LogP contribution < -0.4 is 0 Å². The number of piperidine rings is 1. The molecule has 3 nitrogen and oxygen atoms in total. The molecular formula is C12H21IN2O. The van der Waals surface area contributed by atoms with E-state index in [1.54, 1.807) is 0 Å². The summed E-state index contributed by atoms with van der Waals surface area (Å²) in [6.07, 6.45) is 5.67. The summed E-state index contributed by atoms with van der Waals surface area (Å²) in [7, 11) is 0. The largest absolute Gasteiger partial charge is 0.343 e. The zero-order valence-electron chi connectivity index (χ0n) is 9.83. The summed E-state index contributed by atoms with van der Waals surface area (Å²) >= 11 is 2.56. The van der Waals surface area contributed by atoms with Gasteiger partial charge in [-0.3, -0.25) is 4.79 Å². The number of halogens is 1. The first-order valence-electron chi connectivity index (χ1n) is 6.40. The van der Waals surface area contributed by atoms with Crippen molar-refractivity contribution in [1.82, 2.24) is 9.80 Å². The van der Waals surface area contributed by atoms with Crippen molar-refractivity contribution in [1.29, 1.82) is 0 Å². The Kier molecular flexibility index (Phi) is 4.88. The number of hydrogen-bond acceptors (Lipinski definition) is 2. The minimum absolute atomic E-state index is 0.367. The van der Waals surface area contributed by atoms with Crippen LogP contribution in [0.25, 0.3) is 0 Å². The monoisotopic (exact) mass is 336 g/mol. The molecule has 1 amide bonds. The lowest BCUT2D eigenvalue weighted by Crippen LogP contribution is -2.36. The molecule has 0 aromatic rings. The summed E-state index contributed by atoms with van der Waals surface area (Å²) < 4.78 is 0.883. The normalized spacial score (nSPS) is 24.3. The Bertz CT molecular complexity index is 239. The third kappa shape index (κ3) is 3.58. The second kappa shape index (κ2) is 6.19. The number of carbonyl (C=O) groups excluding carboxylic acids is 1. The molecule has 0 saturated carbocycles. The summed E-state index contributed by atoms with van der Waals surface area (Å²) in [4.78, 5) is 16.0. The van der Waals surface area contributed by atoms with Gasteiger partial charge in [-0.1, -0.05) is 22.6 Å². The molecule has 0 aromatic heterocycles. The first-order valence-corrected chi connectivity index (χ1v) is 7.64. The van der Waals surface area contributed by atoms with Gasteiger partial charge in [0.25, 0.3) is 0 Å². The van der Waals surface area contributed by atoms with E-state index in [1.165, 1.54) is 32.5 Å². The molecule has 2 saturated heterocycles. The lowest BCUT2D eigenvalue weighted by Gasteiger charge is -2.29. The predicted molar refractivity (Wildman–Crippen MR) is 73.9 cm³/mol. The Morgan fingerprint density at radius 3 is 2.56 bits per heavy atom. The van der Waals surface area contributed by atoms with Gasteiger partial charge in [0.1, 0.15) is 0 Å². The maximum atomic E-state index is 11.4. The van der Waals surface area contributed by atoms with Gasteiger partial charge in [-0.25, -0.2) is 0 Å². The summed E-state index contributed by atoms with van der Waals surface area (Å²) in [5, 5.41) is 0. The molecule has 0 spiro atoms. The zero-order valence-corrected chi connectivity index (χ0v) is 12.0. The Morgan fingerprint density at radius 1 is 1.19 bits per heavy atom. The molecule has 0 bridgehead atoms. The van der Waals surface area contributed by atoms with Crippen molar-refractivity contribution in [3.8, 4) is 0 Å². The number of alkyl halides is 1. The van der Waals surface area contributed by atoms with Crippen LogP contribution in [0.15, 0.2) is 0 Å². The van der Waals surface area contributed by atoms with E-state index < -0.39 is 0 Å². The predicted octanol–water partition coefficient (Wildman–Crippen LogP) is 1.90. The summed E-state index contributed by atoms with van der Waals surface area (Å²) in [5.74, 6) is 0.367. The van der Waals surface area contributed by atoms with Gasteiger partial charge in [0.15, 0.2) is 0 Å². The van der Waals surface area contributed by atoms with E-state index in [-0.39, 0.29) is 0 Å². The second-order valence-electron chi connectivity index (χ2n) is 4.85. The smallest absolute Gasteiger partial charge is 0.222 e. The quantitative estimate of drug-likeness (QED) is 0.578. The van der Waals surface area contributed by atoms with Crippen molar-refractivity contribution >= 4 is 28.5 Å². The van der Waals surface area contributed by atoms with Crippen molar-refractivity contribution in [3.05, 3.63) is 0 Å². The molecular weight excluding hydrogens is 315 g/mol. The molecule has 0 aromatic carbocycles. The van der Waals surface area contributed by atoms with Crippen LogP contribution in [0.5, 0.6) is 0 Å². The maximum Gasteiger partial charge on any atom is 0.222 e. The minimum Gasteiger partial charge on any atom is -0.343 e. The van der Waals surface area contributed by atoms with E-state index in [1.807, 2.05) is 4.90 Å². The average Bonchev–Trinajstić information content (AvgIpc) is 2.68. The molecule has 0 atom stereocenters. The highest BCUT2D eigenvalue weighted by Gasteiger charge is 2.20. The van der Waals surface area contributed by atoms with Crippen LogP contribution in [0.1, 0.15) is 32.1 Å². The fourth-order valence-corrected chi connectivity index (χ4v) is 3.11. The van der Waals surface area contributed by atoms with Crippen molar-refractivity contribution < 1.29 is 4.79 Å². The highest BCUT2D eigenvalue weighted by molar-refractivity contribution is 14.1. The molecule has 0 unspecified atom stereocenters. The van der Waals surface area contributed by atoms with Crippen LogP contribution in [0.3, 0.4) is 0 Å².